The highest BCUT2D eigenvalue weighted by Crippen LogP contribution is 2.27. The van der Waals surface area contributed by atoms with Crippen LogP contribution >= 0.6 is 11.3 Å². The lowest BCUT2D eigenvalue weighted by Crippen LogP contribution is -2.36. The molecule has 2 aromatic rings. The average molecular weight is 313 g/mol. The molecule has 20 heavy (non-hydrogen) atoms. The molecule has 0 aliphatic heterocycles. The second-order valence-electron chi connectivity index (χ2n) is 4.96. The van der Waals surface area contributed by atoms with Gasteiger partial charge in [-0.05, 0) is 23.6 Å². The monoisotopic (exact) mass is 313 g/mol. The van der Waals surface area contributed by atoms with Gasteiger partial charge < -0.3 is 4.42 Å². The van der Waals surface area contributed by atoms with Gasteiger partial charge in [0.05, 0.1) is 0 Å². The van der Waals surface area contributed by atoms with E-state index < -0.39 is 10.0 Å². The highest BCUT2D eigenvalue weighted by molar-refractivity contribution is 7.89. The summed E-state index contributed by atoms with van der Waals surface area (Å²) in [5, 5.41) is 1.70. The van der Waals surface area contributed by atoms with Crippen LogP contribution in [0.2, 0.25) is 0 Å². The summed E-state index contributed by atoms with van der Waals surface area (Å²) in [6, 6.07) is 6.49. The third-order valence-corrected chi connectivity index (χ3v) is 5.38. The minimum atomic E-state index is -3.74. The molecule has 0 spiro atoms. The summed E-state index contributed by atoms with van der Waals surface area (Å²) in [5.41, 5.74) is -0.318. The van der Waals surface area contributed by atoms with Crippen molar-refractivity contribution in [2.75, 3.05) is 6.54 Å². The van der Waals surface area contributed by atoms with Gasteiger partial charge in [0.15, 0.2) is 12.0 Å². The standard InChI is InChI=1S/C13H15NO4S2/c1-13(2,11-4-3-7-19-11)9-14-20(16,17)12-6-5-10(8-15)18-12/h3-8,14H,9H2,1-2H3. The lowest BCUT2D eigenvalue weighted by molar-refractivity contribution is 0.109. The molecule has 0 saturated carbocycles. The molecule has 0 aliphatic carbocycles. The van der Waals surface area contributed by atoms with Crippen molar-refractivity contribution in [2.45, 2.75) is 24.4 Å². The van der Waals surface area contributed by atoms with Crippen LogP contribution in [0.1, 0.15) is 29.3 Å². The largest absolute Gasteiger partial charge is 0.440 e. The molecule has 0 saturated heterocycles. The van der Waals surface area contributed by atoms with E-state index in [1.807, 2.05) is 31.4 Å². The Morgan fingerprint density at radius 3 is 2.65 bits per heavy atom. The van der Waals surface area contributed by atoms with Crippen LogP contribution in [0.15, 0.2) is 39.2 Å². The minimum Gasteiger partial charge on any atom is -0.440 e. The van der Waals surface area contributed by atoms with Crippen LogP contribution < -0.4 is 4.72 Å². The molecule has 2 heterocycles. The van der Waals surface area contributed by atoms with Crippen molar-refractivity contribution < 1.29 is 17.6 Å². The number of nitrogens with one attached hydrogen (secondary N) is 1. The molecule has 0 atom stereocenters. The minimum absolute atomic E-state index is 0.0112. The van der Waals surface area contributed by atoms with Gasteiger partial charge in [0.1, 0.15) is 0 Å². The summed E-state index contributed by atoms with van der Waals surface area (Å²) >= 11 is 1.58. The highest BCUT2D eigenvalue weighted by atomic mass is 32.2. The lowest BCUT2D eigenvalue weighted by atomic mass is 9.92. The van der Waals surface area contributed by atoms with E-state index in [-0.39, 0.29) is 22.8 Å². The van der Waals surface area contributed by atoms with Crippen LogP contribution in [0.3, 0.4) is 0 Å². The Hall–Kier alpha value is -1.44. The molecule has 0 radical (unpaired) electrons. The molecule has 108 valence electrons. The van der Waals surface area contributed by atoms with Crippen LogP contribution in [0.25, 0.3) is 0 Å². The number of rotatable bonds is 6. The van der Waals surface area contributed by atoms with E-state index in [4.69, 9.17) is 4.42 Å². The summed E-state index contributed by atoms with van der Waals surface area (Å²) < 4.78 is 31.6. The molecular weight excluding hydrogens is 298 g/mol. The summed E-state index contributed by atoms with van der Waals surface area (Å²) in [7, 11) is -3.74. The molecule has 0 aliphatic rings. The SMILES string of the molecule is CC(C)(CNS(=O)(=O)c1ccc(C=O)o1)c1cccs1. The molecule has 5 nitrogen and oxygen atoms in total. The van der Waals surface area contributed by atoms with Gasteiger partial charge in [0, 0.05) is 16.8 Å². The van der Waals surface area contributed by atoms with Gasteiger partial charge in [-0.15, -0.1) is 11.3 Å². The zero-order valence-electron chi connectivity index (χ0n) is 11.1. The first-order valence-corrected chi connectivity index (χ1v) is 8.30. The maximum absolute atomic E-state index is 12.1. The zero-order valence-corrected chi connectivity index (χ0v) is 12.8. The number of furan rings is 1. The van der Waals surface area contributed by atoms with Gasteiger partial charge in [-0.3, -0.25) is 4.79 Å². The Morgan fingerprint density at radius 2 is 2.10 bits per heavy atom. The predicted octanol–water partition coefficient (Wildman–Crippen LogP) is 2.41. The van der Waals surface area contributed by atoms with Crippen LogP contribution in [0, 0.1) is 0 Å². The topological polar surface area (TPSA) is 76.4 Å². The fourth-order valence-electron chi connectivity index (χ4n) is 1.64. The summed E-state index contributed by atoms with van der Waals surface area (Å²) in [6.45, 7) is 4.16. The van der Waals surface area contributed by atoms with E-state index in [0.717, 1.165) is 4.88 Å². The first kappa shape index (κ1) is 15.0. The average Bonchev–Trinajstić information content (AvgIpc) is 3.07. The summed E-state index contributed by atoms with van der Waals surface area (Å²) in [4.78, 5) is 11.6. The Balaban J connectivity index is 2.11. The molecule has 0 fully saturated rings. The lowest BCUT2D eigenvalue weighted by Gasteiger charge is -2.23. The number of aldehydes is 1. The molecule has 0 unspecified atom stereocenters. The quantitative estimate of drug-likeness (QED) is 0.831. The molecule has 0 bridgehead atoms. The Kier molecular flexibility index (Phi) is 4.12. The van der Waals surface area contributed by atoms with Gasteiger partial charge >= 0.3 is 0 Å². The third kappa shape index (κ3) is 3.17. The molecule has 2 rings (SSSR count). The van der Waals surface area contributed by atoms with Crippen molar-refractivity contribution in [3.8, 4) is 0 Å². The van der Waals surface area contributed by atoms with Crippen LogP contribution in [-0.2, 0) is 15.4 Å². The maximum atomic E-state index is 12.1. The van der Waals surface area contributed by atoms with E-state index in [9.17, 15) is 13.2 Å². The van der Waals surface area contributed by atoms with Gasteiger partial charge in [-0.1, -0.05) is 19.9 Å². The van der Waals surface area contributed by atoms with E-state index in [1.165, 1.54) is 12.1 Å². The van der Waals surface area contributed by atoms with Crippen molar-refractivity contribution >= 4 is 27.6 Å². The summed E-state index contributed by atoms with van der Waals surface area (Å²) in [5.74, 6) is -0.0112. The number of carbonyl (C=O) groups is 1. The highest BCUT2D eigenvalue weighted by Gasteiger charge is 2.26. The Morgan fingerprint density at radius 1 is 1.35 bits per heavy atom. The van der Waals surface area contributed by atoms with Crippen molar-refractivity contribution in [3.63, 3.8) is 0 Å². The van der Waals surface area contributed by atoms with E-state index in [2.05, 4.69) is 4.72 Å². The van der Waals surface area contributed by atoms with Crippen LogP contribution in [0.5, 0.6) is 0 Å². The number of hydrogen-bond acceptors (Lipinski definition) is 5. The van der Waals surface area contributed by atoms with Crippen molar-refractivity contribution in [2.24, 2.45) is 0 Å². The molecule has 7 heteroatoms. The molecule has 0 aromatic carbocycles. The summed E-state index contributed by atoms with van der Waals surface area (Å²) in [6.07, 6.45) is 0.467. The molecule has 0 amide bonds. The van der Waals surface area contributed by atoms with Gasteiger partial charge in [0.2, 0.25) is 5.09 Å². The smallest absolute Gasteiger partial charge is 0.274 e. The zero-order chi connectivity index (χ0) is 14.8. The van der Waals surface area contributed by atoms with Gasteiger partial charge in [-0.2, -0.15) is 0 Å². The number of thiophene rings is 1. The van der Waals surface area contributed by atoms with Crippen molar-refractivity contribution in [1.29, 1.82) is 0 Å². The van der Waals surface area contributed by atoms with Crippen LogP contribution in [0.4, 0.5) is 0 Å². The fraction of sp³-hybridized carbons (Fsp3) is 0.308. The van der Waals surface area contributed by atoms with Crippen molar-refractivity contribution in [1.82, 2.24) is 4.72 Å². The molecule has 1 N–H and O–H groups in total. The first-order chi connectivity index (χ1) is 9.35. The predicted molar refractivity (Wildman–Crippen MR) is 76.6 cm³/mol. The van der Waals surface area contributed by atoms with E-state index >= 15 is 0 Å². The number of hydrogen-bond donors (Lipinski definition) is 1. The second kappa shape index (κ2) is 5.51. The second-order valence-corrected chi connectivity index (χ2v) is 7.61. The van der Waals surface area contributed by atoms with Crippen molar-refractivity contribution in [3.05, 3.63) is 40.3 Å². The number of sulfonamides is 1. The Labute approximate surface area is 121 Å². The Bertz CT molecular complexity index is 684. The van der Waals surface area contributed by atoms with Gasteiger partial charge in [0.25, 0.3) is 10.0 Å². The van der Waals surface area contributed by atoms with Crippen LogP contribution in [-0.4, -0.2) is 21.2 Å². The fourth-order valence-corrected chi connectivity index (χ4v) is 3.64. The molecular formula is C13H15NO4S2. The third-order valence-electron chi connectivity index (χ3n) is 2.88. The van der Waals surface area contributed by atoms with E-state index in [0.29, 0.717) is 6.29 Å². The number of carbonyl (C=O) groups excluding carboxylic acids is 1. The molecule has 2 aromatic heterocycles. The first-order valence-electron chi connectivity index (χ1n) is 5.94. The normalized spacial score (nSPS) is 12.5. The van der Waals surface area contributed by atoms with E-state index in [1.54, 1.807) is 11.3 Å². The van der Waals surface area contributed by atoms with Gasteiger partial charge in [-0.25, -0.2) is 13.1 Å². The maximum Gasteiger partial charge on any atom is 0.274 e.